The predicted octanol–water partition coefficient (Wildman–Crippen LogP) is 3.75. The first-order chi connectivity index (χ1) is 7.72. The van der Waals surface area contributed by atoms with Crippen molar-refractivity contribution in [3.63, 3.8) is 0 Å². The average Bonchev–Trinajstić information content (AvgIpc) is 3.05. The second-order valence-electron chi connectivity index (χ2n) is 4.39. The van der Waals surface area contributed by atoms with Crippen molar-refractivity contribution in [2.45, 2.75) is 25.8 Å². The van der Waals surface area contributed by atoms with Gasteiger partial charge in [0.25, 0.3) is 0 Å². The fraction of sp³-hybridized carbons (Fsp3) is 0.308. The van der Waals surface area contributed by atoms with Gasteiger partial charge in [-0.2, -0.15) is 0 Å². The molecular weight excluding hydrogens is 222 g/mol. The average molecular weight is 234 g/mol. The summed E-state index contributed by atoms with van der Waals surface area (Å²) in [5.41, 5.74) is 2.96. The Labute approximate surface area is 98.8 Å². The fourth-order valence-corrected chi connectivity index (χ4v) is 2.51. The molecule has 1 aliphatic rings. The largest absolute Gasteiger partial charge is 0.335 e. The van der Waals surface area contributed by atoms with Crippen molar-refractivity contribution < 1.29 is 4.79 Å². The molecule has 1 aromatic carbocycles. The molecule has 1 aliphatic carbocycles. The van der Waals surface area contributed by atoms with Crippen LogP contribution in [0.2, 0.25) is 5.02 Å². The number of benzene rings is 1. The van der Waals surface area contributed by atoms with Gasteiger partial charge >= 0.3 is 0 Å². The van der Waals surface area contributed by atoms with Crippen LogP contribution in [0.15, 0.2) is 18.2 Å². The first-order valence-corrected chi connectivity index (χ1v) is 5.85. The summed E-state index contributed by atoms with van der Waals surface area (Å²) in [5.74, 6) is 0. The number of aldehydes is 1. The molecule has 1 aromatic heterocycles. The predicted molar refractivity (Wildman–Crippen MR) is 65.3 cm³/mol. The van der Waals surface area contributed by atoms with E-state index in [1.165, 1.54) is 0 Å². The minimum Gasteiger partial charge on any atom is -0.335 e. The minimum absolute atomic E-state index is 0.495. The van der Waals surface area contributed by atoms with E-state index in [1.54, 1.807) is 0 Å². The Morgan fingerprint density at radius 1 is 1.44 bits per heavy atom. The number of fused-ring (bicyclic) bond motifs is 1. The maximum absolute atomic E-state index is 11.2. The molecule has 16 heavy (non-hydrogen) atoms. The van der Waals surface area contributed by atoms with Crippen LogP contribution in [0.3, 0.4) is 0 Å². The van der Waals surface area contributed by atoms with E-state index >= 15 is 0 Å². The number of nitrogens with zero attached hydrogens (tertiary/aromatic N) is 1. The van der Waals surface area contributed by atoms with E-state index in [-0.39, 0.29) is 0 Å². The first-order valence-electron chi connectivity index (χ1n) is 5.47. The number of rotatable bonds is 2. The Kier molecular flexibility index (Phi) is 2.08. The van der Waals surface area contributed by atoms with Crippen molar-refractivity contribution in [1.82, 2.24) is 4.57 Å². The highest BCUT2D eigenvalue weighted by Gasteiger charge is 2.28. The van der Waals surface area contributed by atoms with Crippen LogP contribution in [0.1, 0.15) is 34.9 Å². The van der Waals surface area contributed by atoms with Crippen LogP contribution in [-0.2, 0) is 0 Å². The summed E-state index contributed by atoms with van der Waals surface area (Å²) in [4.78, 5) is 11.2. The SMILES string of the molecule is Cc1c(C=O)n(C2CC2)c2cc(Cl)ccc12. The molecule has 0 saturated heterocycles. The lowest BCUT2D eigenvalue weighted by Gasteiger charge is -2.05. The molecule has 0 atom stereocenters. The molecule has 1 saturated carbocycles. The Hall–Kier alpha value is -1.28. The molecule has 3 heteroatoms. The molecule has 2 aromatic rings. The van der Waals surface area contributed by atoms with Gasteiger partial charge in [-0.05, 0) is 37.5 Å². The Morgan fingerprint density at radius 3 is 2.81 bits per heavy atom. The Bertz CT molecular complexity index is 581. The van der Waals surface area contributed by atoms with Crippen molar-refractivity contribution in [3.05, 3.63) is 34.5 Å². The highest BCUT2D eigenvalue weighted by molar-refractivity contribution is 6.31. The first kappa shape index (κ1) is 9.91. The van der Waals surface area contributed by atoms with Crippen LogP contribution in [0.25, 0.3) is 10.9 Å². The normalized spacial score (nSPS) is 15.6. The van der Waals surface area contributed by atoms with Crippen molar-refractivity contribution in [3.8, 4) is 0 Å². The summed E-state index contributed by atoms with van der Waals surface area (Å²) in [5, 5.41) is 1.86. The van der Waals surface area contributed by atoms with Gasteiger partial charge in [0, 0.05) is 16.5 Å². The number of aryl methyl sites for hydroxylation is 1. The maximum Gasteiger partial charge on any atom is 0.166 e. The van der Waals surface area contributed by atoms with E-state index < -0.39 is 0 Å². The molecule has 1 heterocycles. The van der Waals surface area contributed by atoms with Gasteiger partial charge in [0.1, 0.15) is 0 Å². The third-order valence-corrected chi connectivity index (χ3v) is 3.53. The van der Waals surface area contributed by atoms with Crippen LogP contribution in [0.5, 0.6) is 0 Å². The number of halogens is 1. The minimum atomic E-state index is 0.495. The molecule has 82 valence electrons. The van der Waals surface area contributed by atoms with Gasteiger partial charge in [0.2, 0.25) is 0 Å². The van der Waals surface area contributed by atoms with Gasteiger partial charge < -0.3 is 4.57 Å². The summed E-state index contributed by atoms with van der Waals surface area (Å²) in [6.45, 7) is 2.00. The van der Waals surface area contributed by atoms with E-state index in [4.69, 9.17) is 11.6 Å². The van der Waals surface area contributed by atoms with Crippen molar-refractivity contribution in [1.29, 1.82) is 0 Å². The van der Waals surface area contributed by atoms with Crippen LogP contribution in [0.4, 0.5) is 0 Å². The highest BCUT2D eigenvalue weighted by Crippen LogP contribution is 2.41. The topological polar surface area (TPSA) is 22.0 Å². The lowest BCUT2D eigenvalue weighted by atomic mass is 10.1. The van der Waals surface area contributed by atoms with Crippen LogP contribution >= 0.6 is 11.6 Å². The lowest BCUT2D eigenvalue weighted by Crippen LogP contribution is -1.99. The van der Waals surface area contributed by atoms with Gasteiger partial charge in [0.05, 0.1) is 11.2 Å². The van der Waals surface area contributed by atoms with Crippen molar-refractivity contribution in [2.75, 3.05) is 0 Å². The summed E-state index contributed by atoms with van der Waals surface area (Å²) >= 11 is 6.02. The summed E-state index contributed by atoms with van der Waals surface area (Å²) in [6, 6.07) is 6.33. The summed E-state index contributed by atoms with van der Waals surface area (Å²) in [6.07, 6.45) is 3.29. The monoisotopic (exact) mass is 233 g/mol. The van der Waals surface area contributed by atoms with E-state index in [0.717, 1.165) is 46.3 Å². The van der Waals surface area contributed by atoms with E-state index in [2.05, 4.69) is 4.57 Å². The molecule has 0 amide bonds. The standard InChI is InChI=1S/C13H12ClNO/c1-8-11-5-2-9(14)6-12(11)15(10-3-4-10)13(8)7-16/h2,5-7,10H,3-4H2,1H3. The lowest BCUT2D eigenvalue weighted by molar-refractivity contribution is 0.111. The quantitative estimate of drug-likeness (QED) is 0.724. The number of aromatic nitrogens is 1. The van der Waals surface area contributed by atoms with E-state index in [0.29, 0.717) is 6.04 Å². The van der Waals surface area contributed by atoms with Crippen LogP contribution in [-0.4, -0.2) is 10.9 Å². The Morgan fingerprint density at radius 2 is 2.19 bits per heavy atom. The highest BCUT2D eigenvalue weighted by atomic mass is 35.5. The molecule has 0 spiro atoms. The molecule has 0 radical (unpaired) electrons. The smallest absolute Gasteiger partial charge is 0.166 e. The number of hydrogen-bond donors (Lipinski definition) is 0. The molecule has 2 nitrogen and oxygen atoms in total. The summed E-state index contributed by atoms with van der Waals surface area (Å²) < 4.78 is 2.14. The van der Waals surface area contributed by atoms with Crippen molar-refractivity contribution >= 4 is 28.8 Å². The molecule has 0 N–H and O–H groups in total. The van der Waals surface area contributed by atoms with E-state index in [1.807, 2.05) is 25.1 Å². The van der Waals surface area contributed by atoms with Gasteiger partial charge in [-0.3, -0.25) is 4.79 Å². The van der Waals surface area contributed by atoms with Gasteiger partial charge in [-0.25, -0.2) is 0 Å². The second-order valence-corrected chi connectivity index (χ2v) is 4.83. The zero-order valence-corrected chi connectivity index (χ0v) is 9.79. The molecule has 0 aliphatic heterocycles. The summed E-state index contributed by atoms with van der Waals surface area (Å²) in [7, 11) is 0. The molecule has 3 rings (SSSR count). The second kappa shape index (κ2) is 3.36. The number of carbonyl (C=O) groups is 1. The third-order valence-electron chi connectivity index (χ3n) is 3.29. The van der Waals surface area contributed by atoms with Crippen molar-refractivity contribution in [2.24, 2.45) is 0 Å². The third kappa shape index (κ3) is 1.30. The zero-order chi connectivity index (χ0) is 11.3. The molecular formula is C13H12ClNO. The molecule has 1 fully saturated rings. The van der Waals surface area contributed by atoms with Crippen LogP contribution < -0.4 is 0 Å². The van der Waals surface area contributed by atoms with Crippen LogP contribution in [0, 0.1) is 6.92 Å². The maximum atomic E-state index is 11.2. The van der Waals surface area contributed by atoms with Gasteiger partial charge in [-0.1, -0.05) is 17.7 Å². The molecule has 0 bridgehead atoms. The zero-order valence-electron chi connectivity index (χ0n) is 9.03. The Balaban J connectivity index is 2.41. The number of hydrogen-bond acceptors (Lipinski definition) is 1. The van der Waals surface area contributed by atoms with Gasteiger partial charge in [-0.15, -0.1) is 0 Å². The van der Waals surface area contributed by atoms with E-state index in [9.17, 15) is 4.79 Å². The molecule has 0 unspecified atom stereocenters. The number of carbonyl (C=O) groups excluding carboxylic acids is 1. The fourth-order valence-electron chi connectivity index (χ4n) is 2.34. The van der Waals surface area contributed by atoms with Gasteiger partial charge in [0.15, 0.2) is 6.29 Å².